The lowest BCUT2D eigenvalue weighted by atomic mass is 9.99. The fourth-order valence-electron chi connectivity index (χ4n) is 2.64. The number of para-hydroxylation sites is 1. The summed E-state index contributed by atoms with van der Waals surface area (Å²) in [4.78, 5) is 2.43. The van der Waals surface area contributed by atoms with Gasteiger partial charge in [0.2, 0.25) is 0 Å². The van der Waals surface area contributed by atoms with Crippen LogP contribution in [0.4, 0.5) is 5.69 Å². The minimum Gasteiger partial charge on any atom is -0.368 e. The molecule has 3 heteroatoms. The molecule has 2 unspecified atom stereocenters. The monoisotopic (exact) mass is 243 g/mol. The normalized spacial score (nSPS) is 21.2. The van der Waals surface area contributed by atoms with Gasteiger partial charge in [0.05, 0.1) is 6.07 Å². The van der Waals surface area contributed by atoms with Crippen molar-refractivity contribution in [3.05, 3.63) is 29.8 Å². The van der Waals surface area contributed by atoms with Crippen LogP contribution in [0.15, 0.2) is 24.3 Å². The van der Waals surface area contributed by atoms with Gasteiger partial charge in [-0.1, -0.05) is 18.2 Å². The smallest absolute Gasteiger partial charge is 0.101 e. The van der Waals surface area contributed by atoms with E-state index >= 15 is 0 Å². The zero-order chi connectivity index (χ0) is 13.2. The maximum Gasteiger partial charge on any atom is 0.101 e. The molecular weight excluding hydrogens is 222 g/mol. The lowest BCUT2D eigenvalue weighted by molar-refractivity contribution is 0.510. The van der Waals surface area contributed by atoms with Gasteiger partial charge >= 0.3 is 0 Å². The van der Waals surface area contributed by atoms with Crippen molar-refractivity contribution in [1.82, 2.24) is 0 Å². The van der Waals surface area contributed by atoms with Crippen LogP contribution >= 0.6 is 0 Å². The van der Waals surface area contributed by atoms with Crippen molar-refractivity contribution in [2.24, 2.45) is 5.73 Å². The Bertz CT molecular complexity index is 459. The van der Waals surface area contributed by atoms with Crippen molar-refractivity contribution >= 4 is 5.69 Å². The largest absolute Gasteiger partial charge is 0.368 e. The predicted molar refractivity (Wildman–Crippen MR) is 74.4 cm³/mol. The summed E-state index contributed by atoms with van der Waals surface area (Å²) in [5.41, 5.74) is 7.94. The van der Waals surface area contributed by atoms with E-state index in [2.05, 4.69) is 42.2 Å². The van der Waals surface area contributed by atoms with Gasteiger partial charge in [0.15, 0.2) is 0 Å². The second-order valence-electron chi connectivity index (χ2n) is 5.51. The topological polar surface area (TPSA) is 53.0 Å². The van der Waals surface area contributed by atoms with Crippen molar-refractivity contribution in [3.63, 3.8) is 0 Å². The van der Waals surface area contributed by atoms with E-state index in [0.29, 0.717) is 6.04 Å². The highest BCUT2D eigenvalue weighted by Gasteiger charge is 2.25. The standard InChI is InChI=1S/C15H21N3/c1-12-10-13-6-3-4-7-14(13)18(12)9-5-8-15(2,17)11-16/h3-4,6-7,12H,5,8-10,17H2,1-2H3. The van der Waals surface area contributed by atoms with Gasteiger partial charge in [0, 0.05) is 18.3 Å². The molecule has 0 saturated carbocycles. The van der Waals surface area contributed by atoms with E-state index in [-0.39, 0.29) is 0 Å². The number of fused-ring (bicyclic) bond motifs is 1. The first-order valence-electron chi connectivity index (χ1n) is 6.58. The van der Waals surface area contributed by atoms with Gasteiger partial charge in [-0.25, -0.2) is 0 Å². The summed E-state index contributed by atoms with van der Waals surface area (Å²) in [6.45, 7) is 5.03. The van der Waals surface area contributed by atoms with Crippen molar-refractivity contribution in [1.29, 1.82) is 5.26 Å². The van der Waals surface area contributed by atoms with E-state index in [4.69, 9.17) is 11.0 Å². The molecule has 3 nitrogen and oxygen atoms in total. The SMILES string of the molecule is CC1Cc2ccccc2N1CCCC(C)(N)C#N. The van der Waals surface area contributed by atoms with Crippen LogP contribution in [0.3, 0.4) is 0 Å². The Hall–Kier alpha value is -1.53. The van der Waals surface area contributed by atoms with E-state index in [0.717, 1.165) is 25.8 Å². The van der Waals surface area contributed by atoms with Gasteiger partial charge in [0.1, 0.15) is 5.54 Å². The lowest BCUT2D eigenvalue weighted by Gasteiger charge is -2.26. The minimum atomic E-state index is -0.692. The summed E-state index contributed by atoms with van der Waals surface area (Å²) in [5.74, 6) is 0. The molecule has 0 spiro atoms. The Morgan fingerprint density at radius 1 is 1.50 bits per heavy atom. The van der Waals surface area contributed by atoms with Crippen LogP contribution in [0.5, 0.6) is 0 Å². The van der Waals surface area contributed by atoms with Crippen LogP contribution in [0, 0.1) is 11.3 Å². The van der Waals surface area contributed by atoms with Crippen molar-refractivity contribution in [3.8, 4) is 6.07 Å². The molecule has 0 amide bonds. The van der Waals surface area contributed by atoms with Crippen molar-refractivity contribution in [2.45, 2.75) is 44.7 Å². The number of hydrogen-bond donors (Lipinski definition) is 1. The molecule has 2 N–H and O–H groups in total. The second kappa shape index (κ2) is 4.99. The average Bonchev–Trinajstić information content (AvgIpc) is 2.66. The van der Waals surface area contributed by atoms with E-state index < -0.39 is 5.54 Å². The highest BCUT2D eigenvalue weighted by molar-refractivity contribution is 5.59. The molecule has 2 atom stereocenters. The average molecular weight is 243 g/mol. The number of nitriles is 1. The molecule has 96 valence electrons. The first kappa shape index (κ1) is 12.9. The molecule has 1 aliphatic rings. The molecule has 0 saturated heterocycles. The van der Waals surface area contributed by atoms with E-state index in [1.165, 1.54) is 11.3 Å². The molecule has 0 radical (unpaired) electrons. The second-order valence-corrected chi connectivity index (χ2v) is 5.51. The highest BCUT2D eigenvalue weighted by atomic mass is 15.2. The van der Waals surface area contributed by atoms with Gasteiger partial charge < -0.3 is 10.6 Å². The quantitative estimate of drug-likeness (QED) is 0.883. The Balaban J connectivity index is 1.97. The van der Waals surface area contributed by atoms with E-state index in [1.54, 1.807) is 6.92 Å². The third-order valence-corrected chi connectivity index (χ3v) is 3.70. The van der Waals surface area contributed by atoms with Gasteiger partial charge in [-0.3, -0.25) is 0 Å². The minimum absolute atomic E-state index is 0.550. The molecule has 1 aromatic carbocycles. The summed E-state index contributed by atoms with van der Waals surface area (Å²) in [6.07, 6.45) is 2.82. The summed E-state index contributed by atoms with van der Waals surface area (Å²) in [5, 5.41) is 8.91. The number of rotatable bonds is 4. The van der Waals surface area contributed by atoms with Crippen LogP contribution < -0.4 is 10.6 Å². The van der Waals surface area contributed by atoms with Gasteiger partial charge in [-0.05, 0) is 44.7 Å². The zero-order valence-electron chi connectivity index (χ0n) is 11.2. The van der Waals surface area contributed by atoms with E-state index in [9.17, 15) is 0 Å². The first-order valence-corrected chi connectivity index (χ1v) is 6.58. The third kappa shape index (κ3) is 2.65. The lowest BCUT2D eigenvalue weighted by Crippen LogP contribution is -2.36. The zero-order valence-corrected chi connectivity index (χ0v) is 11.2. The van der Waals surface area contributed by atoms with Crippen LogP contribution in [0.2, 0.25) is 0 Å². The van der Waals surface area contributed by atoms with Crippen molar-refractivity contribution < 1.29 is 0 Å². The molecule has 0 fully saturated rings. The summed E-state index contributed by atoms with van der Waals surface area (Å²) in [6, 6.07) is 11.3. The Kier molecular flexibility index (Phi) is 3.58. The molecule has 1 aromatic rings. The Labute approximate surface area is 109 Å². The highest BCUT2D eigenvalue weighted by Crippen LogP contribution is 2.31. The van der Waals surface area contributed by atoms with Crippen molar-refractivity contribution in [2.75, 3.05) is 11.4 Å². The molecular formula is C15H21N3. The molecule has 0 bridgehead atoms. The predicted octanol–water partition coefficient (Wildman–Crippen LogP) is 2.46. The van der Waals surface area contributed by atoms with Gasteiger partial charge in [-0.2, -0.15) is 5.26 Å². The molecule has 1 heterocycles. The summed E-state index contributed by atoms with van der Waals surface area (Å²) < 4.78 is 0. The number of nitrogens with two attached hydrogens (primary N) is 1. The van der Waals surface area contributed by atoms with Crippen LogP contribution in [0.1, 0.15) is 32.3 Å². The number of anilines is 1. The molecule has 18 heavy (non-hydrogen) atoms. The summed E-state index contributed by atoms with van der Waals surface area (Å²) in [7, 11) is 0. The Morgan fingerprint density at radius 3 is 2.94 bits per heavy atom. The number of benzene rings is 1. The molecule has 0 aliphatic carbocycles. The van der Waals surface area contributed by atoms with E-state index in [1.807, 2.05) is 0 Å². The fourth-order valence-corrected chi connectivity index (χ4v) is 2.64. The maximum atomic E-state index is 8.91. The Morgan fingerprint density at radius 2 is 2.22 bits per heavy atom. The van der Waals surface area contributed by atoms with Crippen LogP contribution in [0.25, 0.3) is 0 Å². The fraction of sp³-hybridized carbons (Fsp3) is 0.533. The summed E-state index contributed by atoms with van der Waals surface area (Å²) >= 11 is 0. The van der Waals surface area contributed by atoms with Gasteiger partial charge in [-0.15, -0.1) is 0 Å². The molecule has 2 rings (SSSR count). The first-order chi connectivity index (χ1) is 8.53. The van der Waals surface area contributed by atoms with Gasteiger partial charge in [0.25, 0.3) is 0 Å². The molecule has 0 aromatic heterocycles. The number of nitrogens with zero attached hydrogens (tertiary/aromatic N) is 2. The number of hydrogen-bond acceptors (Lipinski definition) is 3. The van der Waals surface area contributed by atoms with Crippen LogP contribution in [-0.4, -0.2) is 18.1 Å². The third-order valence-electron chi connectivity index (χ3n) is 3.70. The van der Waals surface area contributed by atoms with Crippen LogP contribution in [-0.2, 0) is 6.42 Å². The maximum absolute atomic E-state index is 8.91. The molecule has 1 aliphatic heterocycles.